The predicted molar refractivity (Wildman–Crippen MR) is 112 cm³/mol. The number of fused-ring (bicyclic) bond motifs is 1. The molecular weight excluding hydrogens is 412 g/mol. The predicted octanol–water partition coefficient (Wildman–Crippen LogP) is 2.94. The minimum absolute atomic E-state index is 0.0493. The Hall–Kier alpha value is -2.38. The maximum absolute atomic E-state index is 12.8. The lowest BCUT2D eigenvalue weighted by Crippen LogP contribution is -2.55. The zero-order chi connectivity index (χ0) is 20.2. The summed E-state index contributed by atoms with van der Waals surface area (Å²) < 4.78 is 11.4. The van der Waals surface area contributed by atoms with Gasteiger partial charge in [0.2, 0.25) is 12.0 Å². The molecule has 1 unspecified atom stereocenters. The summed E-state index contributed by atoms with van der Waals surface area (Å²) in [5.74, 6) is 1.52. The van der Waals surface area contributed by atoms with E-state index in [1.807, 2.05) is 42.5 Å². The number of hydrogen-bond donors (Lipinski definition) is 0. The minimum Gasteiger partial charge on any atom is -0.485 e. The summed E-state index contributed by atoms with van der Waals surface area (Å²) in [6, 6.07) is 14.8. The van der Waals surface area contributed by atoms with Gasteiger partial charge >= 0.3 is 0 Å². The van der Waals surface area contributed by atoms with Gasteiger partial charge in [-0.2, -0.15) is 0 Å². The van der Waals surface area contributed by atoms with Gasteiger partial charge in [-0.1, -0.05) is 35.9 Å². The number of ether oxygens (including phenoxy) is 2. The van der Waals surface area contributed by atoms with E-state index >= 15 is 0 Å². The fourth-order valence-electron chi connectivity index (χ4n) is 3.31. The van der Waals surface area contributed by atoms with Crippen LogP contribution >= 0.6 is 23.4 Å². The van der Waals surface area contributed by atoms with Gasteiger partial charge in [0.1, 0.15) is 6.61 Å². The maximum atomic E-state index is 12.8. The lowest BCUT2D eigenvalue weighted by atomic mass is 10.2. The Bertz CT molecular complexity index is 902. The number of thioether (sulfide) groups is 1. The number of piperazine rings is 1. The van der Waals surface area contributed by atoms with Crippen LogP contribution in [0.3, 0.4) is 0 Å². The van der Waals surface area contributed by atoms with Crippen molar-refractivity contribution in [2.24, 2.45) is 0 Å². The molecule has 0 bridgehead atoms. The second-order valence-corrected chi connectivity index (χ2v) is 8.21. The topological polar surface area (TPSA) is 59.1 Å². The third-order valence-corrected chi connectivity index (χ3v) is 6.42. The summed E-state index contributed by atoms with van der Waals surface area (Å²) in [5.41, 5.74) is 0. The first kappa shape index (κ1) is 19.9. The molecule has 1 fully saturated rings. The number of carbonyl (C=O) groups is 2. The van der Waals surface area contributed by atoms with Crippen molar-refractivity contribution in [3.63, 3.8) is 0 Å². The van der Waals surface area contributed by atoms with Gasteiger partial charge in [-0.15, -0.1) is 11.8 Å². The zero-order valence-corrected chi connectivity index (χ0v) is 17.3. The highest BCUT2D eigenvalue weighted by molar-refractivity contribution is 8.00. The van der Waals surface area contributed by atoms with E-state index in [9.17, 15) is 9.59 Å². The summed E-state index contributed by atoms with van der Waals surface area (Å²) in [4.78, 5) is 29.7. The standard InChI is InChI=1S/C21H21ClN2O4S/c22-15-5-1-4-8-19(15)29-14-20(25)23-9-11-24(12-10-23)21(26)18-13-27-16-6-2-3-7-17(16)28-18/h1-8,18H,9-14H2. The van der Waals surface area contributed by atoms with E-state index in [4.69, 9.17) is 21.1 Å². The summed E-state index contributed by atoms with van der Waals surface area (Å²) in [5, 5.41) is 0.650. The van der Waals surface area contributed by atoms with Crippen LogP contribution in [-0.2, 0) is 9.59 Å². The van der Waals surface area contributed by atoms with Crippen molar-refractivity contribution < 1.29 is 19.1 Å². The molecule has 2 aliphatic rings. The fourth-order valence-corrected chi connectivity index (χ4v) is 4.46. The van der Waals surface area contributed by atoms with Crippen LogP contribution in [0.4, 0.5) is 0 Å². The molecule has 2 amide bonds. The van der Waals surface area contributed by atoms with Gasteiger partial charge in [-0.3, -0.25) is 9.59 Å². The van der Waals surface area contributed by atoms with Gasteiger partial charge in [0.05, 0.1) is 10.8 Å². The van der Waals surface area contributed by atoms with Crippen LogP contribution in [0, 0.1) is 0 Å². The smallest absolute Gasteiger partial charge is 0.267 e. The van der Waals surface area contributed by atoms with Crippen LogP contribution in [0.15, 0.2) is 53.4 Å². The van der Waals surface area contributed by atoms with Crippen molar-refractivity contribution >= 4 is 35.2 Å². The molecule has 2 aliphatic heterocycles. The highest BCUT2D eigenvalue weighted by Gasteiger charge is 2.33. The van der Waals surface area contributed by atoms with Crippen molar-refractivity contribution in [3.05, 3.63) is 53.6 Å². The van der Waals surface area contributed by atoms with Crippen molar-refractivity contribution in [3.8, 4) is 11.5 Å². The second-order valence-electron chi connectivity index (χ2n) is 6.79. The van der Waals surface area contributed by atoms with Crippen LogP contribution in [0.25, 0.3) is 0 Å². The number of amides is 2. The molecule has 0 N–H and O–H groups in total. The summed E-state index contributed by atoms with van der Waals surface area (Å²) in [6.45, 7) is 2.20. The third kappa shape index (κ3) is 4.62. The normalized spacial score (nSPS) is 18.4. The third-order valence-electron chi connectivity index (χ3n) is 4.92. The van der Waals surface area contributed by atoms with Gasteiger partial charge in [0.25, 0.3) is 5.91 Å². The molecule has 4 rings (SSSR count). The Labute approximate surface area is 178 Å². The number of rotatable bonds is 4. The quantitative estimate of drug-likeness (QED) is 0.695. The molecule has 1 saturated heterocycles. The average molecular weight is 433 g/mol. The van der Waals surface area contributed by atoms with E-state index in [2.05, 4.69) is 0 Å². The van der Waals surface area contributed by atoms with E-state index in [1.165, 1.54) is 11.8 Å². The molecule has 0 radical (unpaired) electrons. The largest absolute Gasteiger partial charge is 0.485 e. The number of nitrogens with zero attached hydrogens (tertiary/aromatic N) is 2. The van der Waals surface area contributed by atoms with Crippen LogP contribution in [0.5, 0.6) is 11.5 Å². The van der Waals surface area contributed by atoms with Crippen LogP contribution in [0.2, 0.25) is 5.02 Å². The molecule has 2 aromatic carbocycles. The Morgan fingerprint density at radius 2 is 1.62 bits per heavy atom. The van der Waals surface area contributed by atoms with Gasteiger partial charge in [-0.25, -0.2) is 0 Å². The monoisotopic (exact) mass is 432 g/mol. The molecular formula is C21H21ClN2O4S. The number of benzene rings is 2. The first-order chi connectivity index (χ1) is 14.1. The Morgan fingerprint density at radius 3 is 2.38 bits per heavy atom. The molecule has 2 heterocycles. The summed E-state index contributed by atoms with van der Waals surface area (Å²) in [6.07, 6.45) is -0.650. The van der Waals surface area contributed by atoms with Crippen molar-refractivity contribution in [1.82, 2.24) is 9.80 Å². The molecule has 0 spiro atoms. The second kappa shape index (κ2) is 8.97. The van der Waals surface area contributed by atoms with Crippen molar-refractivity contribution in [2.45, 2.75) is 11.0 Å². The Kier molecular flexibility index (Phi) is 6.16. The van der Waals surface area contributed by atoms with E-state index in [1.54, 1.807) is 15.9 Å². The molecule has 0 aliphatic carbocycles. The summed E-state index contributed by atoms with van der Waals surface area (Å²) in [7, 11) is 0. The van der Waals surface area contributed by atoms with Gasteiger partial charge in [0.15, 0.2) is 11.5 Å². The number of para-hydroxylation sites is 2. The van der Waals surface area contributed by atoms with E-state index in [-0.39, 0.29) is 18.4 Å². The number of hydrogen-bond acceptors (Lipinski definition) is 5. The molecule has 6 nitrogen and oxygen atoms in total. The molecule has 1 atom stereocenters. The van der Waals surface area contributed by atoms with Crippen molar-refractivity contribution in [1.29, 1.82) is 0 Å². The zero-order valence-electron chi connectivity index (χ0n) is 15.8. The molecule has 0 aromatic heterocycles. The van der Waals surface area contributed by atoms with E-state index in [0.717, 1.165) is 4.90 Å². The highest BCUT2D eigenvalue weighted by Crippen LogP contribution is 2.31. The highest BCUT2D eigenvalue weighted by atomic mass is 35.5. The first-order valence-corrected chi connectivity index (χ1v) is 10.8. The summed E-state index contributed by atoms with van der Waals surface area (Å²) >= 11 is 7.57. The van der Waals surface area contributed by atoms with Gasteiger partial charge in [-0.05, 0) is 24.3 Å². The van der Waals surface area contributed by atoms with E-state index in [0.29, 0.717) is 48.5 Å². The molecule has 152 valence electrons. The van der Waals surface area contributed by atoms with Crippen LogP contribution in [0.1, 0.15) is 0 Å². The molecule has 8 heteroatoms. The van der Waals surface area contributed by atoms with Crippen LogP contribution < -0.4 is 9.47 Å². The lowest BCUT2D eigenvalue weighted by Gasteiger charge is -2.37. The van der Waals surface area contributed by atoms with Crippen LogP contribution in [-0.4, -0.2) is 66.3 Å². The molecule has 29 heavy (non-hydrogen) atoms. The maximum Gasteiger partial charge on any atom is 0.267 e. The first-order valence-electron chi connectivity index (χ1n) is 9.44. The Morgan fingerprint density at radius 1 is 0.966 bits per heavy atom. The van der Waals surface area contributed by atoms with Crippen molar-refractivity contribution in [2.75, 3.05) is 38.5 Å². The number of carbonyl (C=O) groups excluding carboxylic acids is 2. The fraction of sp³-hybridized carbons (Fsp3) is 0.333. The molecule has 0 saturated carbocycles. The van der Waals surface area contributed by atoms with Gasteiger partial charge in [0, 0.05) is 31.1 Å². The lowest BCUT2D eigenvalue weighted by molar-refractivity contribution is -0.145. The van der Waals surface area contributed by atoms with Gasteiger partial charge < -0.3 is 19.3 Å². The molecule has 2 aromatic rings. The minimum atomic E-state index is -0.650. The average Bonchev–Trinajstić information content (AvgIpc) is 2.77. The Balaban J connectivity index is 1.26. The van der Waals surface area contributed by atoms with E-state index < -0.39 is 6.10 Å². The number of halogens is 1. The SMILES string of the molecule is O=C(CSc1ccccc1Cl)N1CCN(C(=O)C2COc3ccccc3O2)CC1.